The number of benzene rings is 1. The van der Waals surface area contributed by atoms with Crippen LogP contribution in [-0.2, 0) is 6.42 Å². The summed E-state index contributed by atoms with van der Waals surface area (Å²) in [5, 5.41) is 25.1. The molecular formula is C18H13ClN4O2. The van der Waals surface area contributed by atoms with Crippen molar-refractivity contribution in [1.29, 1.82) is 0 Å². The lowest BCUT2D eigenvalue weighted by molar-refractivity contribution is 0.416. The van der Waals surface area contributed by atoms with Crippen molar-refractivity contribution in [1.82, 2.24) is 19.6 Å². The largest absolute Gasteiger partial charge is 0.493 e. The number of nitrogens with zero attached hydrogens (tertiary/aromatic N) is 4. The average Bonchev–Trinajstić information content (AvgIpc) is 2.94. The fraction of sp³-hybridized carbons (Fsp3) is 0.0556. The maximum atomic E-state index is 10.3. The van der Waals surface area contributed by atoms with Crippen LogP contribution < -0.4 is 0 Å². The van der Waals surface area contributed by atoms with E-state index in [0.717, 1.165) is 11.1 Å². The number of aromatic nitrogens is 4. The van der Waals surface area contributed by atoms with Crippen LogP contribution in [-0.4, -0.2) is 29.8 Å². The second-order valence-electron chi connectivity index (χ2n) is 5.54. The second kappa shape index (κ2) is 6.07. The Bertz CT molecular complexity index is 1060. The summed E-state index contributed by atoms with van der Waals surface area (Å²) in [7, 11) is 0. The monoisotopic (exact) mass is 352 g/mol. The molecule has 0 unspecified atom stereocenters. The van der Waals surface area contributed by atoms with Crippen molar-refractivity contribution in [3.63, 3.8) is 0 Å². The van der Waals surface area contributed by atoms with Crippen LogP contribution in [0.5, 0.6) is 11.8 Å². The average molecular weight is 353 g/mol. The van der Waals surface area contributed by atoms with Gasteiger partial charge in [0.25, 0.3) is 0 Å². The van der Waals surface area contributed by atoms with Crippen LogP contribution in [0.2, 0.25) is 5.02 Å². The van der Waals surface area contributed by atoms with E-state index >= 15 is 0 Å². The minimum Gasteiger partial charge on any atom is -0.493 e. The van der Waals surface area contributed by atoms with Gasteiger partial charge in [0.15, 0.2) is 5.65 Å². The van der Waals surface area contributed by atoms with Gasteiger partial charge >= 0.3 is 0 Å². The molecule has 4 rings (SSSR count). The normalized spacial score (nSPS) is 11.1. The molecule has 0 saturated carbocycles. The number of aromatic hydroxyl groups is 2. The Hall–Kier alpha value is -3.12. The highest BCUT2D eigenvalue weighted by Gasteiger charge is 2.18. The van der Waals surface area contributed by atoms with Crippen molar-refractivity contribution >= 4 is 17.2 Å². The van der Waals surface area contributed by atoms with Gasteiger partial charge in [0.2, 0.25) is 11.8 Å². The number of rotatable bonds is 3. The Morgan fingerprint density at radius 2 is 1.80 bits per heavy atom. The molecule has 6 nitrogen and oxygen atoms in total. The van der Waals surface area contributed by atoms with Crippen LogP contribution in [0.4, 0.5) is 0 Å². The Morgan fingerprint density at radius 1 is 1.04 bits per heavy atom. The molecule has 25 heavy (non-hydrogen) atoms. The Balaban J connectivity index is 1.88. The zero-order valence-corrected chi connectivity index (χ0v) is 13.7. The molecule has 3 aromatic heterocycles. The predicted molar refractivity (Wildman–Crippen MR) is 93.8 cm³/mol. The zero-order valence-electron chi connectivity index (χ0n) is 13.0. The molecule has 7 heteroatoms. The third-order valence-electron chi connectivity index (χ3n) is 3.95. The first-order valence-corrected chi connectivity index (χ1v) is 7.95. The highest BCUT2D eigenvalue weighted by Crippen LogP contribution is 2.30. The van der Waals surface area contributed by atoms with Crippen LogP contribution >= 0.6 is 11.6 Å². The summed E-state index contributed by atoms with van der Waals surface area (Å²) in [6, 6.07) is 12.5. The van der Waals surface area contributed by atoms with Gasteiger partial charge in [-0.1, -0.05) is 29.8 Å². The maximum absolute atomic E-state index is 10.3. The first-order valence-electron chi connectivity index (χ1n) is 7.58. The fourth-order valence-electron chi connectivity index (χ4n) is 2.70. The van der Waals surface area contributed by atoms with E-state index in [2.05, 4.69) is 15.1 Å². The van der Waals surface area contributed by atoms with Crippen LogP contribution in [0.25, 0.3) is 16.9 Å². The molecule has 4 aromatic rings. The van der Waals surface area contributed by atoms with Crippen molar-refractivity contribution in [3.05, 3.63) is 71.0 Å². The predicted octanol–water partition coefficient (Wildman–Crippen LogP) is 3.45. The SMILES string of the molecule is Oc1nn2c(O)cc(-c3ccncc3)nc2c1Cc1ccccc1Cl. The van der Waals surface area contributed by atoms with E-state index in [0.29, 0.717) is 28.3 Å². The molecule has 124 valence electrons. The summed E-state index contributed by atoms with van der Waals surface area (Å²) in [5.41, 5.74) is 3.08. The summed E-state index contributed by atoms with van der Waals surface area (Å²) in [4.78, 5) is 8.54. The van der Waals surface area contributed by atoms with E-state index in [9.17, 15) is 10.2 Å². The summed E-state index contributed by atoms with van der Waals surface area (Å²) < 4.78 is 1.21. The smallest absolute Gasteiger partial charge is 0.236 e. The highest BCUT2D eigenvalue weighted by atomic mass is 35.5. The molecule has 0 aliphatic carbocycles. The van der Waals surface area contributed by atoms with Crippen molar-refractivity contribution in [2.75, 3.05) is 0 Å². The van der Waals surface area contributed by atoms with Gasteiger partial charge in [0, 0.05) is 35.5 Å². The Labute approximate surface area is 148 Å². The summed E-state index contributed by atoms with van der Waals surface area (Å²) in [6.45, 7) is 0. The topological polar surface area (TPSA) is 83.5 Å². The molecular weight excluding hydrogens is 340 g/mol. The summed E-state index contributed by atoms with van der Waals surface area (Å²) in [5.74, 6) is -0.299. The zero-order chi connectivity index (χ0) is 17.4. The molecule has 0 radical (unpaired) electrons. The lowest BCUT2D eigenvalue weighted by Gasteiger charge is -2.06. The van der Waals surface area contributed by atoms with Gasteiger partial charge in [0.1, 0.15) is 0 Å². The second-order valence-corrected chi connectivity index (χ2v) is 5.95. The molecule has 0 amide bonds. The first kappa shape index (κ1) is 15.4. The number of hydrogen-bond donors (Lipinski definition) is 2. The molecule has 0 spiro atoms. The van der Waals surface area contributed by atoms with Gasteiger partial charge in [-0.05, 0) is 23.8 Å². The lowest BCUT2D eigenvalue weighted by Crippen LogP contribution is -1.96. The maximum Gasteiger partial charge on any atom is 0.236 e. The van der Waals surface area contributed by atoms with E-state index < -0.39 is 0 Å². The molecule has 1 aromatic carbocycles. The third kappa shape index (κ3) is 2.77. The number of hydrogen-bond acceptors (Lipinski definition) is 5. The summed E-state index contributed by atoms with van der Waals surface area (Å²) >= 11 is 6.22. The van der Waals surface area contributed by atoms with E-state index in [1.54, 1.807) is 30.6 Å². The number of halogens is 1. The lowest BCUT2D eigenvalue weighted by atomic mass is 10.1. The van der Waals surface area contributed by atoms with Gasteiger partial charge in [-0.3, -0.25) is 4.98 Å². The molecule has 0 bridgehead atoms. The van der Waals surface area contributed by atoms with E-state index in [-0.39, 0.29) is 11.8 Å². The van der Waals surface area contributed by atoms with Crippen LogP contribution in [0.15, 0.2) is 54.9 Å². The van der Waals surface area contributed by atoms with Crippen molar-refractivity contribution < 1.29 is 10.2 Å². The quantitative estimate of drug-likeness (QED) is 0.590. The number of pyridine rings is 1. The molecule has 0 aliphatic heterocycles. The highest BCUT2D eigenvalue weighted by molar-refractivity contribution is 6.31. The molecule has 0 aliphatic rings. The minimum atomic E-state index is -0.186. The van der Waals surface area contributed by atoms with Crippen molar-refractivity contribution in [2.24, 2.45) is 0 Å². The van der Waals surface area contributed by atoms with Crippen molar-refractivity contribution in [3.8, 4) is 23.0 Å². The number of fused-ring (bicyclic) bond motifs is 1. The first-order chi connectivity index (χ1) is 12.1. The Kier molecular flexibility index (Phi) is 3.74. The molecule has 2 N–H and O–H groups in total. The molecule has 0 saturated heterocycles. The Morgan fingerprint density at radius 3 is 2.56 bits per heavy atom. The summed E-state index contributed by atoms with van der Waals surface area (Å²) in [6.07, 6.45) is 3.65. The van der Waals surface area contributed by atoms with Crippen LogP contribution in [0.1, 0.15) is 11.1 Å². The third-order valence-corrected chi connectivity index (χ3v) is 4.31. The minimum absolute atomic E-state index is 0.113. The fourth-order valence-corrected chi connectivity index (χ4v) is 2.90. The van der Waals surface area contributed by atoms with Gasteiger partial charge in [-0.2, -0.15) is 4.52 Å². The van der Waals surface area contributed by atoms with Gasteiger partial charge in [-0.25, -0.2) is 4.98 Å². The molecule has 0 atom stereocenters. The van der Waals surface area contributed by atoms with Gasteiger partial charge in [0.05, 0.1) is 11.3 Å². The van der Waals surface area contributed by atoms with Crippen LogP contribution in [0, 0.1) is 0 Å². The van der Waals surface area contributed by atoms with E-state index in [4.69, 9.17) is 11.6 Å². The van der Waals surface area contributed by atoms with Gasteiger partial charge < -0.3 is 10.2 Å². The molecule has 0 fully saturated rings. The standard InChI is InChI=1S/C18H13ClN4O2/c19-14-4-2-1-3-12(14)9-13-17-21-15(11-5-7-20-8-6-11)10-16(24)23(17)22-18(13)25/h1-8,10,24H,9H2,(H,22,25). The van der Waals surface area contributed by atoms with E-state index in [1.165, 1.54) is 10.6 Å². The van der Waals surface area contributed by atoms with E-state index in [1.807, 2.05) is 18.2 Å². The molecule has 3 heterocycles. The van der Waals surface area contributed by atoms with Crippen molar-refractivity contribution in [2.45, 2.75) is 6.42 Å². The van der Waals surface area contributed by atoms with Gasteiger partial charge in [-0.15, -0.1) is 5.10 Å². The van der Waals surface area contributed by atoms with Crippen LogP contribution in [0.3, 0.4) is 0 Å².